The van der Waals surface area contributed by atoms with Crippen molar-refractivity contribution >= 4 is 23.8 Å². The zero-order valence-corrected chi connectivity index (χ0v) is 72.4. The smallest absolute Gasteiger partial charge is 0.364 e. The molecule has 0 aliphatic carbocycles. The number of carboxylic acid groups (broad SMARTS) is 2. The Morgan fingerprint density at radius 1 is 0.416 bits per heavy atom. The normalized spacial score (nSPS) is 35.6. The van der Waals surface area contributed by atoms with E-state index in [9.17, 15) is 137 Å². The van der Waals surface area contributed by atoms with Gasteiger partial charge in [-0.25, -0.2) is 9.59 Å². The highest BCUT2D eigenvalue weighted by molar-refractivity contribution is 5.77. The first-order chi connectivity index (χ1) is 59.8. The highest BCUT2D eigenvalue weighted by Gasteiger charge is 2.64. The molecule has 41 nitrogen and oxygen atoms in total. The minimum atomic E-state index is -3.49. The lowest BCUT2D eigenvalue weighted by atomic mass is 9.90. The molecule has 6 fully saturated rings. The highest BCUT2D eigenvalue weighted by Crippen LogP contribution is 2.43. The number of aliphatic hydroxyl groups excluding tert-OH is 21. The Hall–Kier alpha value is -3.70. The van der Waals surface area contributed by atoms with Gasteiger partial charge in [-0.1, -0.05) is 206 Å². The van der Waals surface area contributed by atoms with E-state index in [4.69, 9.17) is 56.8 Å². The summed E-state index contributed by atoms with van der Waals surface area (Å²) in [5.74, 6) is -12.7. The molecule has 730 valence electrons. The second-order valence-corrected chi connectivity index (χ2v) is 34.2. The predicted octanol–water partition coefficient (Wildman–Crippen LogP) is -2.60. The largest absolute Gasteiger partial charge is 0.477 e. The molecule has 2 amide bonds. The predicted molar refractivity (Wildman–Crippen MR) is 435 cm³/mol. The maximum Gasteiger partial charge on any atom is 0.364 e. The van der Waals surface area contributed by atoms with Gasteiger partial charge in [0.1, 0.15) is 146 Å². The van der Waals surface area contributed by atoms with Crippen molar-refractivity contribution in [2.24, 2.45) is 0 Å². The lowest BCUT2D eigenvalue weighted by Gasteiger charge is -2.52. The van der Waals surface area contributed by atoms with E-state index >= 15 is 0 Å². The van der Waals surface area contributed by atoms with E-state index in [1.165, 1.54) is 128 Å². The Balaban J connectivity index is 1.23. The van der Waals surface area contributed by atoms with Crippen LogP contribution in [0, 0.1) is 0 Å². The number of allylic oxidation sites excluding steroid dienone is 1. The van der Waals surface area contributed by atoms with E-state index in [1.54, 1.807) is 6.08 Å². The molecule has 12 unspecified atom stereocenters. The minimum absolute atomic E-state index is 0.102. The van der Waals surface area contributed by atoms with Gasteiger partial charge in [0.2, 0.25) is 11.8 Å². The Morgan fingerprint density at radius 3 is 1.21 bits per heavy atom. The lowest BCUT2D eigenvalue weighted by molar-refractivity contribution is -0.407. The number of ether oxygens (including phenoxy) is 12. The molecule has 0 aromatic rings. The Morgan fingerprint density at radius 2 is 0.784 bits per heavy atom. The molecule has 125 heavy (non-hydrogen) atoms. The van der Waals surface area contributed by atoms with Crippen LogP contribution in [0.5, 0.6) is 0 Å². The molecule has 0 bridgehead atoms. The van der Waals surface area contributed by atoms with E-state index in [1.807, 2.05) is 0 Å². The van der Waals surface area contributed by atoms with Crippen molar-refractivity contribution in [1.29, 1.82) is 0 Å². The minimum Gasteiger partial charge on any atom is -0.477 e. The molecular formula is C84H150N2O39. The molecule has 41 heteroatoms. The molecule has 0 spiro atoms. The quantitative estimate of drug-likeness (QED) is 0.0219. The van der Waals surface area contributed by atoms with Gasteiger partial charge < -0.3 is 185 Å². The van der Waals surface area contributed by atoms with E-state index < -0.39 is 290 Å². The fourth-order valence-corrected chi connectivity index (χ4v) is 16.7. The third-order valence-electron chi connectivity index (χ3n) is 24.3. The van der Waals surface area contributed by atoms with Gasteiger partial charge in [-0.15, -0.1) is 0 Å². The summed E-state index contributed by atoms with van der Waals surface area (Å²) < 4.78 is 71.4. The van der Waals surface area contributed by atoms with Crippen molar-refractivity contribution < 1.29 is 193 Å². The summed E-state index contributed by atoms with van der Waals surface area (Å²) in [5, 5.41) is 261. The maximum absolute atomic E-state index is 13.8. The van der Waals surface area contributed by atoms with E-state index in [-0.39, 0.29) is 6.42 Å². The van der Waals surface area contributed by atoms with Gasteiger partial charge in [0.25, 0.3) is 11.6 Å². The number of aliphatic carboxylic acids is 2. The van der Waals surface area contributed by atoms with Crippen molar-refractivity contribution in [3.8, 4) is 0 Å². The Labute approximate surface area is 730 Å². The number of rotatable bonds is 61. The van der Waals surface area contributed by atoms with Gasteiger partial charge in [-0.3, -0.25) is 9.59 Å². The molecule has 25 N–H and O–H groups in total. The fraction of sp³-hybridized carbons (Fsp3) is 0.929. The zero-order chi connectivity index (χ0) is 92.1. The summed E-state index contributed by atoms with van der Waals surface area (Å²) in [6, 6.07) is -3.32. The van der Waals surface area contributed by atoms with Crippen LogP contribution in [0.3, 0.4) is 0 Å². The van der Waals surface area contributed by atoms with Crippen LogP contribution in [0.1, 0.15) is 239 Å². The number of hydrogen-bond donors (Lipinski definition) is 25. The zero-order valence-electron chi connectivity index (χ0n) is 72.4. The monoisotopic (exact) mass is 1810 g/mol. The number of hydrogen-bond acceptors (Lipinski definition) is 37. The average molecular weight is 1810 g/mol. The van der Waals surface area contributed by atoms with Crippen LogP contribution in [0.4, 0.5) is 0 Å². The van der Waals surface area contributed by atoms with E-state index in [0.29, 0.717) is 12.8 Å². The first-order valence-electron chi connectivity index (χ1n) is 45.3. The molecule has 6 aliphatic rings. The molecule has 0 saturated carbocycles. The molecular weight excluding hydrogens is 1660 g/mol. The summed E-state index contributed by atoms with van der Waals surface area (Å²) in [6.45, 7) is -2.65. The third kappa shape index (κ3) is 32.6. The Bertz CT molecular complexity index is 3020. The number of unbranched alkanes of at least 4 members (excludes halogenated alkanes) is 29. The van der Waals surface area contributed by atoms with Crippen LogP contribution in [0.25, 0.3) is 0 Å². The number of carbonyl (C=O) groups excluding carboxylic acids is 2. The second kappa shape index (κ2) is 57.0. The topological polar surface area (TPSA) is 668 Å². The van der Waals surface area contributed by atoms with Crippen molar-refractivity contribution in [3.05, 3.63) is 12.2 Å². The summed E-state index contributed by atoms with van der Waals surface area (Å²) in [7, 11) is 0. The Kier molecular flexibility index (Phi) is 50.2. The number of aliphatic hydroxyl groups is 21. The molecule has 34 atom stereocenters. The SMILES string of the molecule is CCCCCCCCCCCCC/C=C/[C@@H](O)[C@H](CO[C@@H]1OC(CO)[C@@H](O[C@@H]2OC(CO)[C@H](O[C@@H]3OC(CO)[C@H](O)[C@H](O[C@@H]4OC(CO)[C@H](O)[C@H](O[C@]5(C(=O)O)CC(O)[C@@H](O)C([C@H](O)[C@H](O)CO)O5)C4O)C3NC(C)=O)[C@H](O[C@]3(C(=O)O)CC(O)[C@@H](O)C([C@H](O)[C@H](O)CO)O3)C2O)[C@H](O)C1O)NC(=O)CCCCCCCCCCCCCCCCCCCCC. The molecule has 6 heterocycles. The van der Waals surface area contributed by atoms with Crippen LogP contribution in [0.2, 0.25) is 0 Å². The molecule has 6 aliphatic heterocycles. The molecule has 6 saturated heterocycles. The molecule has 0 aromatic carbocycles. The van der Waals surface area contributed by atoms with Crippen LogP contribution >= 0.6 is 0 Å². The van der Waals surface area contributed by atoms with Crippen molar-refractivity contribution in [2.45, 2.75) is 447 Å². The van der Waals surface area contributed by atoms with Gasteiger partial charge in [-0.2, -0.15) is 0 Å². The van der Waals surface area contributed by atoms with Crippen molar-refractivity contribution in [2.75, 3.05) is 46.2 Å². The second-order valence-electron chi connectivity index (χ2n) is 34.2. The fourth-order valence-electron chi connectivity index (χ4n) is 16.7. The maximum atomic E-state index is 13.8. The van der Waals surface area contributed by atoms with E-state index in [2.05, 4.69) is 24.5 Å². The first kappa shape index (κ1) is 110. The standard InChI is InChI=1S/C84H150N2O39/c1-4-6-8-10-12-14-16-18-19-20-21-22-23-25-27-29-31-33-35-37-58(99)86-48(49(94)36-34-32-30-28-26-24-17-15-13-11-9-7-5-2)46-114-78-67(107)66(106)70(56(44-91)117-78)119-80-69(109)76(125-84(82(112)113)39-51(96)61(101)74(123-84)63(103)53(98)41-88)71(57(45-92)118-80)120-77-59(85-47(3)93)72(64(104)54(42-89)115-77)121-79-68(108)75(65(105)55(43-90)116-79)124-83(81(110)111)38-50(95)60(100)73(122-83)62(102)52(97)40-87/h34,36,48-57,59-80,87-92,94-98,100-109H,4-33,35,37-46H2,1-3H3,(H,85,93)(H,86,99)(H,110,111)(H,112,113)/b36-34+/t48-,49+,50?,51?,52+,53+,54?,55?,56?,57?,59?,60+,61+,62+,63+,64-,65-,66+,67?,68?,69?,70+,71-,72+,73?,74?,75-,76+,77-,78+,79-,80-,83-,84-/m0/s1. The molecule has 6 rings (SSSR count). The molecule has 0 aromatic heterocycles. The summed E-state index contributed by atoms with van der Waals surface area (Å²) in [5.41, 5.74) is 0. The average Bonchev–Trinajstić information content (AvgIpc) is 0.769. The van der Waals surface area contributed by atoms with Gasteiger partial charge in [0, 0.05) is 26.2 Å². The van der Waals surface area contributed by atoms with Crippen LogP contribution in [-0.2, 0) is 76.0 Å². The van der Waals surface area contributed by atoms with Gasteiger partial charge >= 0.3 is 11.9 Å². The third-order valence-corrected chi connectivity index (χ3v) is 24.3. The van der Waals surface area contributed by atoms with Crippen molar-refractivity contribution in [3.63, 3.8) is 0 Å². The van der Waals surface area contributed by atoms with Crippen LogP contribution in [-0.4, -0.2) is 395 Å². The highest BCUT2D eigenvalue weighted by atomic mass is 16.8. The number of nitrogens with one attached hydrogen (secondary N) is 2. The number of carbonyl (C=O) groups is 4. The van der Waals surface area contributed by atoms with Crippen LogP contribution in [0.15, 0.2) is 12.2 Å². The van der Waals surface area contributed by atoms with Crippen molar-refractivity contribution in [1.82, 2.24) is 10.6 Å². The van der Waals surface area contributed by atoms with E-state index in [0.717, 1.165) is 71.1 Å². The van der Waals surface area contributed by atoms with Gasteiger partial charge in [-0.05, 0) is 19.3 Å². The molecule has 0 radical (unpaired) electrons. The summed E-state index contributed by atoms with van der Waals surface area (Å²) in [4.78, 5) is 54.1. The van der Waals surface area contributed by atoms with Gasteiger partial charge in [0.15, 0.2) is 25.2 Å². The lowest BCUT2D eigenvalue weighted by Crippen LogP contribution is -2.72. The first-order valence-corrected chi connectivity index (χ1v) is 45.3. The summed E-state index contributed by atoms with van der Waals surface area (Å²) in [6.07, 6.45) is -31.3. The summed E-state index contributed by atoms with van der Waals surface area (Å²) >= 11 is 0. The van der Waals surface area contributed by atoms with Crippen LogP contribution < -0.4 is 10.6 Å². The number of amides is 2. The van der Waals surface area contributed by atoms with Gasteiger partial charge in [0.05, 0.1) is 70.6 Å². The number of carboxylic acids is 2.